The maximum atomic E-state index is 11.8. The van der Waals surface area contributed by atoms with Crippen molar-refractivity contribution in [3.8, 4) is 0 Å². The van der Waals surface area contributed by atoms with Gasteiger partial charge in [0.05, 0.1) is 6.61 Å². The molecule has 1 heterocycles. The van der Waals surface area contributed by atoms with Crippen LogP contribution in [0, 0.1) is 0 Å². The molecule has 2 aromatic rings. The minimum absolute atomic E-state index is 0.0732. The van der Waals surface area contributed by atoms with Crippen LogP contribution in [0.2, 0.25) is 0 Å². The topological polar surface area (TPSA) is 72.0 Å². The molecule has 2 rings (SSSR count). The molecule has 1 N–H and O–H groups in total. The van der Waals surface area contributed by atoms with Crippen molar-refractivity contribution >= 4 is 17.7 Å². The number of hydrogen-bond acceptors (Lipinski definition) is 5. The van der Waals surface area contributed by atoms with Gasteiger partial charge in [0, 0.05) is 11.9 Å². The van der Waals surface area contributed by atoms with E-state index in [1.165, 1.54) is 18.0 Å². The maximum absolute atomic E-state index is 11.8. The zero-order chi connectivity index (χ0) is 14.4. The molecule has 1 aromatic carbocycles. The van der Waals surface area contributed by atoms with Gasteiger partial charge < -0.3 is 9.72 Å². The number of nitrogens with one attached hydrogen (secondary N) is 1. The van der Waals surface area contributed by atoms with Gasteiger partial charge in [0.1, 0.15) is 5.56 Å². The molecule has 0 aliphatic rings. The van der Waals surface area contributed by atoms with E-state index in [0.29, 0.717) is 10.9 Å². The lowest BCUT2D eigenvalue weighted by Gasteiger charge is -2.03. The molecular formula is C14H14N2O3S. The highest BCUT2D eigenvalue weighted by atomic mass is 32.2. The molecule has 0 aliphatic heterocycles. The maximum Gasteiger partial charge on any atom is 0.345 e. The second-order valence-electron chi connectivity index (χ2n) is 3.93. The van der Waals surface area contributed by atoms with Crippen molar-refractivity contribution in [2.45, 2.75) is 17.8 Å². The Kier molecular flexibility index (Phi) is 4.95. The van der Waals surface area contributed by atoms with Crippen LogP contribution in [0.25, 0.3) is 0 Å². The summed E-state index contributed by atoms with van der Waals surface area (Å²) in [5, 5.41) is 0.479. The summed E-state index contributed by atoms with van der Waals surface area (Å²) in [6, 6.07) is 9.85. The molecule has 0 unspecified atom stereocenters. The third-order valence-corrected chi connectivity index (χ3v) is 3.45. The molecule has 0 saturated heterocycles. The standard InChI is InChI=1S/C14H14N2O3S/c1-2-19-13(18)11-8-15-14(16-12(11)17)20-9-10-6-4-3-5-7-10/h3-8H,2,9H2,1H3,(H,15,16,17). The average molecular weight is 290 g/mol. The quantitative estimate of drug-likeness (QED) is 0.519. The van der Waals surface area contributed by atoms with E-state index in [1.54, 1.807) is 6.92 Å². The van der Waals surface area contributed by atoms with Crippen LogP contribution in [0.1, 0.15) is 22.8 Å². The molecule has 6 heteroatoms. The molecule has 104 valence electrons. The number of thioether (sulfide) groups is 1. The van der Waals surface area contributed by atoms with Gasteiger partial charge in [0.15, 0.2) is 5.16 Å². The zero-order valence-electron chi connectivity index (χ0n) is 11.0. The highest BCUT2D eigenvalue weighted by Crippen LogP contribution is 2.17. The van der Waals surface area contributed by atoms with Gasteiger partial charge in [-0.25, -0.2) is 9.78 Å². The van der Waals surface area contributed by atoms with Crippen LogP contribution in [0.15, 0.2) is 46.5 Å². The first-order chi connectivity index (χ1) is 9.70. The Morgan fingerprint density at radius 3 is 2.75 bits per heavy atom. The Morgan fingerprint density at radius 1 is 1.35 bits per heavy atom. The van der Waals surface area contributed by atoms with Crippen molar-refractivity contribution in [2.24, 2.45) is 0 Å². The van der Waals surface area contributed by atoms with E-state index in [0.717, 1.165) is 5.56 Å². The fourth-order valence-electron chi connectivity index (χ4n) is 1.53. The van der Waals surface area contributed by atoms with Gasteiger partial charge in [-0.15, -0.1) is 0 Å². The van der Waals surface area contributed by atoms with Crippen LogP contribution in [-0.2, 0) is 10.5 Å². The van der Waals surface area contributed by atoms with Gasteiger partial charge in [0.25, 0.3) is 5.56 Å². The van der Waals surface area contributed by atoms with Gasteiger partial charge >= 0.3 is 5.97 Å². The minimum atomic E-state index is -0.652. The first kappa shape index (κ1) is 14.3. The third-order valence-electron chi connectivity index (χ3n) is 2.49. The van der Waals surface area contributed by atoms with E-state index in [1.807, 2.05) is 30.3 Å². The van der Waals surface area contributed by atoms with Crippen LogP contribution in [0.3, 0.4) is 0 Å². The molecule has 0 radical (unpaired) electrons. The van der Waals surface area contributed by atoms with Crippen LogP contribution in [0.5, 0.6) is 0 Å². The molecular weight excluding hydrogens is 276 g/mol. The van der Waals surface area contributed by atoms with Crippen molar-refractivity contribution in [3.05, 3.63) is 58.0 Å². The van der Waals surface area contributed by atoms with E-state index in [9.17, 15) is 9.59 Å². The zero-order valence-corrected chi connectivity index (χ0v) is 11.8. The van der Waals surface area contributed by atoms with Gasteiger partial charge in [0.2, 0.25) is 0 Å². The predicted molar refractivity (Wildman–Crippen MR) is 76.8 cm³/mol. The van der Waals surface area contributed by atoms with Crippen molar-refractivity contribution < 1.29 is 9.53 Å². The number of carbonyl (C=O) groups excluding carboxylic acids is 1. The Bertz CT molecular complexity index is 640. The van der Waals surface area contributed by atoms with E-state index < -0.39 is 11.5 Å². The lowest BCUT2D eigenvalue weighted by atomic mass is 10.2. The lowest BCUT2D eigenvalue weighted by molar-refractivity contribution is 0.0523. The molecule has 0 spiro atoms. The first-order valence-corrected chi connectivity index (χ1v) is 7.12. The largest absolute Gasteiger partial charge is 0.462 e. The van der Waals surface area contributed by atoms with E-state index in [2.05, 4.69) is 9.97 Å². The van der Waals surface area contributed by atoms with Crippen LogP contribution in [-0.4, -0.2) is 22.5 Å². The van der Waals surface area contributed by atoms with Gasteiger partial charge in [-0.3, -0.25) is 4.79 Å². The second-order valence-corrected chi connectivity index (χ2v) is 4.89. The number of rotatable bonds is 5. The summed E-state index contributed by atoms with van der Waals surface area (Å²) in [6.07, 6.45) is 1.25. The number of aromatic amines is 1. The summed E-state index contributed by atoms with van der Waals surface area (Å²) < 4.78 is 4.77. The molecule has 5 nitrogen and oxygen atoms in total. The molecule has 1 aromatic heterocycles. The van der Waals surface area contributed by atoms with Crippen molar-refractivity contribution in [3.63, 3.8) is 0 Å². The fourth-order valence-corrected chi connectivity index (χ4v) is 2.32. The fraction of sp³-hybridized carbons (Fsp3) is 0.214. The van der Waals surface area contributed by atoms with E-state index in [-0.39, 0.29) is 12.2 Å². The molecule has 0 saturated carbocycles. The molecule has 20 heavy (non-hydrogen) atoms. The number of aromatic nitrogens is 2. The molecule has 0 amide bonds. The number of ether oxygens (including phenoxy) is 1. The van der Waals surface area contributed by atoms with Crippen molar-refractivity contribution in [1.29, 1.82) is 0 Å². The first-order valence-electron chi connectivity index (χ1n) is 6.14. The summed E-state index contributed by atoms with van der Waals surface area (Å²) in [7, 11) is 0. The smallest absolute Gasteiger partial charge is 0.345 e. The number of carbonyl (C=O) groups is 1. The summed E-state index contributed by atoms with van der Waals surface area (Å²) in [4.78, 5) is 29.9. The molecule has 0 atom stereocenters. The summed E-state index contributed by atoms with van der Waals surface area (Å²) in [5.41, 5.74) is 0.583. The van der Waals surface area contributed by atoms with Gasteiger partial charge in [-0.2, -0.15) is 0 Å². The Balaban J connectivity index is 2.06. The average Bonchev–Trinajstić information content (AvgIpc) is 2.46. The van der Waals surface area contributed by atoms with E-state index >= 15 is 0 Å². The van der Waals surface area contributed by atoms with E-state index in [4.69, 9.17) is 4.74 Å². The Morgan fingerprint density at radius 2 is 2.10 bits per heavy atom. The van der Waals surface area contributed by atoms with Gasteiger partial charge in [-0.05, 0) is 12.5 Å². The van der Waals surface area contributed by atoms with Crippen LogP contribution < -0.4 is 5.56 Å². The Labute approximate surface area is 120 Å². The number of nitrogens with zero attached hydrogens (tertiary/aromatic N) is 1. The van der Waals surface area contributed by atoms with Gasteiger partial charge in [-0.1, -0.05) is 42.1 Å². The van der Waals surface area contributed by atoms with Crippen molar-refractivity contribution in [2.75, 3.05) is 6.61 Å². The number of benzene rings is 1. The number of hydrogen-bond donors (Lipinski definition) is 1. The molecule has 0 fully saturated rings. The Hall–Kier alpha value is -2.08. The summed E-state index contributed by atoms with van der Waals surface area (Å²) >= 11 is 1.40. The second kappa shape index (κ2) is 6.91. The monoisotopic (exact) mass is 290 g/mol. The molecule has 0 bridgehead atoms. The molecule has 0 aliphatic carbocycles. The SMILES string of the molecule is CCOC(=O)c1cnc(SCc2ccccc2)[nH]c1=O. The predicted octanol–water partition coefficient (Wildman–Crippen LogP) is 2.24. The van der Waals surface area contributed by atoms with Crippen LogP contribution in [0.4, 0.5) is 0 Å². The lowest BCUT2D eigenvalue weighted by Crippen LogP contribution is -2.20. The third kappa shape index (κ3) is 3.71. The van der Waals surface area contributed by atoms with Crippen molar-refractivity contribution in [1.82, 2.24) is 9.97 Å². The summed E-state index contributed by atoms with van der Waals surface area (Å²) in [5.74, 6) is 0.0450. The highest BCUT2D eigenvalue weighted by Gasteiger charge is 2.12. The number of H-pyrrole nitrogens is 1. The normalized spacial score (nSPS) is 10.2. The highest BCUT2D eigenvalue weighted by molar-refractivity contribution is 7.98. The summed E-state index contributed by atoms with van der Waals surface area (Å²) in [6.45, 7) is 1.91. The number of esters is 1. The van der Waals surface area contributed by atoms with Crippen LogP contribution >= 0.6 is 11.8 Å². The minimum Gasteiger partial charge on any atom is -0.462 e.